The van der Waals surface area contributed by atoms with Crippen LogP contribution in [0.3, 0.4) is 0 Å². The van der Waals surface area contributed by atoms with Gasteiger partial charge in [-0.3, -0.25) is 9.97 Å². The third kappa shape index (κ3) is 25.7. The summed E-state index contributed by atoms with van der Waals surface area (Å²) in [6, 6.07) is 8.46. The molecule has 492 valence electrons. The zero-order chi connectivity index (χ0) is 64.7. The summed E-state index contributed by atoms with van der Waals surface area (Å²) >= 11 is 5.67. The molecule has 6 atom stereocenters. The lowest BCUT2D eigenvalue weighted by Gasteiger charge is -2.33. The van der Waals surface area contributed by atoms with Gasteiger partial charge in [0.05, 0.1) is 69.7 Å². The number of halogens is 1. The zero-order valence-electron chi connectivity index (χ0n) is 57.3. The van der Waals surface area contributed by atoms with Gasteiger partial charge in [0.1, 0.15) is 45.1 Å². The smallest absolute Gasteiger partial charge is 0.499 e. The van der Waals surface area contributed by atoms with E-state index < -0.39 is 57.4 Å². The van der Waals surface area contributed by atoms with Gasteiger partial charge in [-0.05, 0) is 187 Å². The molecule has 8 heterocycles. The van der Waals surface area contributed by atoms with Gasteiger partial charge in [-0.1, -0.05) is 89.9 Å². The minimum absolute atomic E-state index is 0. The van der Waals surface area contributed by atoms with Gasteiger partial charge in [-0.25, -0.2) is 0 Å². The monoisotopic (exact) mass is 1280 g/mol. The molecule has 86 heavy (non-hydrogen) atoms. The molecule has 0 unspecified atom stereocenters. The van der Waals surface area contributed by atoms with Crippen molar-refractivity contribution in [2.75, 3.05) is 19.8 Å². The van der Waals surface area contributed by atoms with Gasteiger partial charge in [-0.15, -0.1) is 0 Å². The molecule has 2 aromatic rings. The van der Waals surface area contributed by atoms with E-state index in [1.54, 1.807) is 6.26 Å². The average molecular weight is 1280 g/mol. The third-order valence-corrected chi connectivity index (χ3v) is 17.6. The summed E-state index contributed by atoms with van der Waals surface area (Å²) < 4.78 is 63.8. The molecule has 2 aromatic heterocycles. The van der Waals surface area contributed by atoms with Crippen LogP contribution in [0.5, 0.6) is 0 Å². The van der Waals surface area contributed by atoms with E-state index in [4.69, 9.17) is 67.5 Å². The van der Waals surface area contributed by atoms with Gasteiger partial charge < -0.3 is 61.2 Å². The number of aliphatic hydroxyl groups excluding tert-OH is 2. The fraction of sp³-hybridized carbons (Fsp3) is 0.750. The van der Waals surface area contributed by atoms with Crippen LogP contribution in [0.1, 0.15) is 164 Å². The fourth-order valence-corrected chi connectivity index (χ4v) is 10.6. The average Bonchev–Trinajstić information content (AvgIpc) is 3.17. The van der Waals surface area contributed by atoms with Crippen LogP contribution >= 0.6 is 11.1 Å². The Morgan fingerprint density at radius 2 is 0.872 bits per heavy atom. The van der Waals surface area contributed by atoms with E-state index in [0.29, 0.717) is 25.0 Å². The van der Waals surface area contributed by atoms with Crippen LogP contribution in [-0.2, 0) is 61.8 Å². The second kappa shape index (κ2) is 31.3. The molecule has 3 saturated heterocycles. The molecule has 0 saturated carbocycles. The maximum absolute atomic E-state index is 8.76. The van der Waals surface area contributed by atoms with Crippen molar-refractivity contribution in [3.05, 3.63) is 84.2 Å². The van der Waals surface area contributed by atoms with E-state index in [1.807, 2.05) is 67.8 Å². The lowest BCUT2D eigenvalue weighted by atomic mass is 9.49. The minimum Gasteiger partial charge on any atom is -0.499 e. The zero-order valence-corrected chi connectivity index (χ0v) is 61.1. The van der Waals surface area contributed by atoms with Crippen LogP contribution in [0.15, 0.2) is 73.1 Å². The first-order valence-corrected chi connectivity index (χ1v) is 41.4. The first kappa shape index (κ1) is 81.7. The molecule has 3 fully saturated rings. The molecule has 0 radical (unpaired) electrons. The lowest BCUT2D eigenvalue weighted by Crippen LogP contribution is -2.41. The number of pyridine rings is 2. The first-order chi connectivity index (χ1) is 37.8. The summed E-state index contributed by atoms with van der Waals surface area (Å²) in [6.07, 6.45) is 11.4. The van der Waals surface area contributed by atoms with Crippen molar-refractivity contribution in [2.24, 2.45) is 11.8 Å². The molecule has 0 spiro atoms. The quantitative estimate of drug-likeness (QED) is 0.198. The largest absolute Gasteiger partial charge is 0.531 e. The molecule has 2 N–H and O–H groups in total. The van der Waals surface area contributed by atoms with Gasteiger partial charge in [0.25, 0.3) is 0 Å². The van der Waals surface area contributed by atoms with Crippen LogP contribution < -0.4 is 0 Å². The molecule has 15 nitrogen and oxygen atoms in total. The lowest BCUT2D eigenvalue weighted by molar-refractivity contribution is -0.0108. The number of aliphatic hydroxyl groups is 2. The normalized spacial score (nSPS) is 25.7. The Morgan fingerprint density at radius 3 is 1.17 bits per heavy atom. The Morgan fingerprint density at radius 1 is 0.535 bits per heavy atom. The van der Waals surface area contributed by atoms with Gasteiger partial charge in [0.2, 0.25) is 0 Å². The highest BCUT2D eigenvalue weighted by Crippen LogP contribution is 2.44. The highest BCUT2D eigenvalue weighted by Gasteiger charge is 2.64. The van der Waals surface area contributed by atoms with Crippen molar-refractivity contribution >= 4 is 56.2 Å². The van der Waals surface area contributed by atoms with E-state index in [1.165, 1.54) is 23.5 Å². The van der Waals surface area contributed by atoms with Crippen molar-refractivity contribution in [1.29, 1.82) is 0 Å². The Kier molecular flexibility index (Phi) is 29.7. The molecule has 0 aromatic carbocycles. The molecule has 0 amide bonds. The van der Waals surface area contributed by atoms with E-state index >= 15 is 0 Å². The summed E-state index contributed by atoms with van der Waals surface area (Å²) in [7, 11) is -5.46. The Balaban J connectivity index is 0.000000538. The predicted molar refractivity (Wildman–Crippen MR) is 367 cm³/mol. The fourth-order valence-electron chi connectivity index (χ4n) is 8.24. The summed E-state index contributed by atoms with van der Waals surface area (Å²) in [4.78, 5) is 8.97. The number of ether oxygens (including phenoxy) is 3. The summed E-state index contributed by atoms with van der Waals surface area (Å²) in [6.45, 7) is 63.0. The van der Waals surface area contributed by atoms with E-state index in [2.05, 4.69) is 193 Å². The van der Waals surface area contributed by atoms with Crippen molar-refractivity contribution in [3.8, 4) is 11.4 Å². The maximum atomic E-state index is 8.76. The highest BCUT2D eigenvalue weighted by molar-refractivity contribution is 7.18. The van der Waals surface area contributed by atoms with Gasteiger partial charge in [0.15, 0.2) is 16.6 Å². The Hall–Kier alpha value is -2.34. The molecular formula is C64H120B3ClN2O13Si3. The Labute approximate surface area is 532 Å². The molecule has 0 bridgehead atoms. The summed E-state index contributed by atoms with van der Waals surface area (Å²) in [5.41, 5.74) is 3.39. The highest BCUT2D eigenvalue weighted by atomic mass is 35.6. The minimum atomic E-state index is -1.56. The second-order valence-electron chi connectivity index (χ2n) is 30.8. The molecule has 6 aliphatic rings. The number of hydrogen-bond acceptors (Lipinski definition) is 15. The summed E-state index contributed by atoms with van der Waals surface area (Å²) in [5.74, 6) is 0.796. The third-order valence-electron chi connectivity index (χ3n) is 15.6. The maximum Gasteiger partial charge on any atom is 0.531 e. The Bertz CT molecular complexity index is 2340. The molecule has 22 heteroatoms. The second-order valence-corrected chi connectivity index (χ2v) is 47.2. The number of hydrogen-bond donors (Lipinski definition) is 2. The molecule has 0 aliphatic carbocycles. The summed E-state index contributed by atoms with van der Waals surface area (Å²) in [5, 5.41) is 17.5. The van der Waals surface area contributed by atoms with Crippen molar-refractivity contribution in [3.63, 3.8) is 0 Å². The van der Waals surface area contributed by atoms with Gasteiger partial charge in [0, 0.05) is 24.2 Å². The van der Waals surface area contributed by atoms with E-state index in [0.717, 1.165) is 17.0 Å². The molecule has 6 aliphatic heterocycles. The van der Waals surface area contributed by atoms with E-state index in [-0.39, 0.29) is 78.1 Å². The number of rotatable bonds is 7. The predicted octanol–water partition coefficient (Wildman–Crippen LogP) is 15.3. The number of nitrogens with zero attached hydrogens (tertiary/aromatic N) is 2. The van der Waals surface area contributed by atoms with Crippen LogP contribution in [0, 0.1) is 11.8 Å². The van der Waals surface area contributed by atoms with Crippen LogP contribution in [-0.4, -0.2) is 143 Å². The number of aromatic nitrogens is 2. The van der Waals surface area contributed by atoms with Gasteiger partial charge >= 0.3 is 21.1 Å². The standard InChI is InChI=1S/C18H24N2.C15H29BO4Si.C12H24B2O4.C9H18O2Si.C5H8O3.C3H9ClSi.2CH4/c1-17(2,3)13-7-9-19-15(11-13)16-12-14(8-10-20-16)18(4,5)6;1-11-9-13(17-10-12(11)18-21(6,7)8)16-19-14(2,3)15(4,5)20-16;1-9(2)10(3,4)16-13(15-9)14-17-11(5,6)12(7,8)18-14;1-8-5-6-10-7-9(8)11-12(2,3)4;6-4-1-2-8-3-5(4)7;1-5(2,3)4;;/h7-12H,1-6H3;9,11-12H,10H2,1-8H3;1-8H3;5-6,8-9H,7H2,1-4H3;1-2,4-7H,3H2;1-3H3;2*1H4/t;11-,12-;;8-,9-;4-,5-;;;/m.1.11.../s1. The van der Waals surface area contributed by atoms with Crippen molar-refractivity contribution in [1.82, 2.24) is 9.97 Å². The topological polar surface area (TPSA) is 168 Å². The van der Waals surface area contributed by atoms with Crippen LogP contribution in [0.2, 0.25) is 58.9 Å². The molecular weight excluding hydrogens is 1160 g/mol. The van der Waals surface area contributed by atoms with Gasteiger partial charge in [-0.2, -0.15) is 11.1 Å². The SMILES string of the molecule is C.C.CC(C)(C)c1ccnc(-c2cc(C(C)(C)C)ccn2)c1.CC1(C)OB(B2OC(C)(C)C(C)(C)O2)OC1(C)C.C[C@@H]1C=C(B2OC(C)(C)C(C)(C)O2)OC[C@H]1O[Si](C)(C)C.C[C@@H]1C=COC[C@H]1O[Si](C)(C)C.C[Si](C)(C)Cl.O[C@@H]1C=COC[C@H]1O. The first-order valence-electron chi connectivity index (χ1n) is 30.1. The van der Waals surface area contributed by atoms with Crippen molar-refractivity contribution in [2.45, 2.75) is 281 Å². The molecule has 8 rings (SSSR count). The van der Waals surface area contributed by atoms with Crippen LogP contribution in [0.4, 0.5) is 0 Å². The van der Waals surface area contributed by atoms with E-state index in [9.17, 15) is 0 Å². The van der Waals surface area contributed by atoms with Crippen LogP contribution in [0.25, 0.3) is 11.4 Å². The van der Waals surface area contributed by atoms with Crippen molar-refractivity contribution < 1.29 is 61.2 Å².